The van der Waals surface area contributed by atoms with E-state index in [-0.39, 0.29) is 11.1 Å². The van der Waals surface area contributed by atoms with E-state index in [0.29, 0.717) is 28.8 Å². The summed E-state index contributed by atoms with van der Waals surface area (Å²) in [6.07, 6.45) is 13.8. The highest BCUT2D eigenvalue weighted by Crippen LogP contribution is 2.29. The van der Waals surface area contributed by atoms with Gasteiger partial charge in [-0.2, -0.15) is 14.9 Å². The first-order chi connectivity index (χ1) is 16.2. The van der Waals surface area contributed by atoms with E-state index in [2.05, 4.69) is 16.3 Å². The van der Waals surface area contributed by atoms with E-state index in [1.54, 1.807) is 36.5 Å². The maximum absolute atomic E-state index is 12.7. The Balaban J connectivity index is 1.48. The van der Waals surface area contributed by atoms with Crippen LogP contribution in [0.1, 0.15) is 12.8 Å². The quantitative estimate of drug-likeness (QED) is 0.561. The van der Waals surface area contributed by atoms with Crippen LogP contribution in [0.4, 0.5) is 4.39 Å². The fourth-order valence-electron chi connectivity index (χ4n) is 3.52. The highest BCUT2D eigenvalue weighted by atomic mass is 19.1. The Kier molecular flexibility index (Phi) is 5.59. The standard InChI is InChI=1S/C24H19FN4O4/c25-16-32-19-8-4-7-18(13-19)28-12-10-21(30)24(27-28)20-9-11-26-29(20)23-15-31-14-22(33-23)17-5-2-1-3-6-17/h1-2,4-5,7-15H,3,6,16H2. The topological polar surface area (TPSA) is 80.4 Å². The summed E-state index contributed by atoms with van der Waals surface area (Å²) in [5.41, 5.74) is 1.91. The van der Waals surface area contributed by atoms with Gasteiger partial charge in [0.15, 0.2) is 17.7 Å². The van der Waals surface area contributed by atoms with E-state index < -0.39 is 6.86 Å². The van der Waals surface area contributed by atoms with Crippen molar-refractivity contribution in [3.8, 4) is 22.8 Å². The molecule has 0 N–H and O–H groups in total. The number of hydrogen-bond donors (Lipinski definition) is 0. The molecule has 0 amide bonds. The Morgan fingerprint density at radius 3 is 2.97 bits per heavy atom. The minimum Gasteiger partial charge on any atom is -0.463 e. The van der Waals surface area contributed by atoms with Crippen molar-refractivity contribution in [3.05, 3.63) is 101 Å². The molecule has 166 valence electrons. The number of benzene rings is 1. The fourth-order valence-corrected chi connectivity index (χ4v) is 3.52. The summed E-state index contributed by atoms with van der Waals surface area (Å²) in [6, 6.07) is 9.82. The van der Waals surface area contributed by atoms with E-state index >= 15 is 0 Å². The van der Waals surface area contributed by atoms with Gasteiger partial charge in [0.1, 0.15) is 17.7 Å². The van der Waals surface area contributed by atoms with Crippen molar-refractivity contribution in [1.29, 1.82) is 0 Å². The average Bonchev–Trinajstić information content (AvgIpc) is 3.35. The lowest BCUT2D eigenvalue weighted by Gasteiger charge is -2.20. The van der Waals surface area contributed by atoms with Crippen molar-refractivity contribution in [2.45, 2.75) is 12.8 Å². The third-order valence-corrected chi connectivity index (χ3v) is 5.09. The zero-order valence-corrected chi connectivity index (χ0v) is 17.4. The van der Waals surface area contributed by atoms with E-state index in [9.17, 15) is 9.18 Å². The molecule has 1 aliphatic heterocycles. The second kappa shape index (κ2) is 8.99. The van der Waals surface area contributed by atoms with Gasteiger partial charge in [-0.1, -0.05) is 24.3 Å². The normalized spacial score (nSPS) is 15.1. The molecule has 8 nitrogen and oxygen atoms in total. The molecule has 3 heterocycles. The first kappa shape index (κ1) is 20.5. The van der Waals surface area contributed by atoms with Gasteiger partial charge in [0.2, 0.25) is 12.3 Å². The summed E-state index contributed by atoms with van der Waals surface area (Å²) in [5, 5.41) is 8.80. The molecule has 0 radical (unpaired) electrons. The Labute approximate surface area is 188 Å². The summed E-state index contributed by atoms with van der Waals surface area (Å²) >= 11 is 0. The molecule has 0 saturated carbocycles. The molecule has 2 aliphatic rings. The van der Waals surface area contributed by atoms with E-state index in [4.69, 9.17) is 14.2 Å². The van der Waals surface area contributed by atoms with Gasteiger partial charge in [-0.15, -0.1) is 0 Å². The molecular weight excluding hydrogens is 427 g/mol. The molecule has 0 bridgehead atoms. The molecule has 33 heavy (non-hydrogen) atoms. The Bertz CT molecular complexity index is 1370. The van der Waals surface area contributed by atoms with Gasteiger partial charge in [-0.25, -0.2) is 9.07 Å². The van der Waals surface area contributed by atoms with E-state index in [1.165, 1.54) is 34.2 Å². The molecule has 0 spiro atoms. The number of halogens is 1. The lowest BCUT2D eigenvalue weighted by atomic mass is 10.0. The summed E-state index contributed by atoms with van der Waals surface area (Å²) in [4.78, 5) is 12.7. The Morgan fingerprint density at radius 2 is 2.12 bits per heavy atom. The smallest absolute Gasteiger partial charge is 0.257 e. The highest BCUT2D eigenvalue weighted by Gasteiger charge is 2.21. The first-order valence-electron chi connectivity index (χ1n) is 10.3. The van der Waals surface area contributed by atoms with Crippen LogP contribution < -0.4 is 10.2 Å². The van der Waals surface area contributed by atoms with Crippen LogP contribution in [0.25, 0.3) is 23.0 Å². The van der Waals surface area contributed by atoms with E-state index in [1.807, 2.05) is 12.2 Å². The second-order valence-corrected chi connectivity index (χ2v) is 7.19. The van der Waals surface area contributed by atoms with Gasteiger partial charge in [0.05, 0.1) is 11.9 Å². The molecule has 0 unspecified atom stereocenters. The minimum atomic E-state index is -0.938. The molecule has 0 fully saturated rings. The zero-order chi connectivity index (χ0) is 22.6. The van der Waals surface area contributed by atoms with Crippen LogP contribution >= 0.6 is 0 Å². The third-order valence-electron chi connectivity index (χ3n) is 5.09. The molecule has 1 aromatic carbocycles. The monoisotopic (exact) mass is 446 g/mol. The van der Waals surface area contributed by atoms with Crippen molar-refractivity contribution < 1.29 is 18.6 Å². The predicted molar refractivity (Wildman–Crippen MR) is 119 cm³/mol. The maximum Gasteiger partial charge on any atom is 0.257 e. The maximum atomic E-state index is 12.7. The van der Waals surface area contributed by atoms with Gasteiger partial charge in [-0.05, 0) is 36.6 Å². The molecule has 2 aromatic heterocycles. The molecular formula is C24H19FN4O4. The number of allylic oxidation sites excluding steroid dienone is 4. The van der Waals surface area contributed by atoms with Crippen LogP contribution in [-0.2, 0) is 9.47 Å². The molecule has 0 saturated heterocycles. The third kappa shape index (κ3) is 4.20. The average molecular weight is 446 g/mol. The summed E-state index contributed by atoms with van der Waals surface area (Å²) in [6.45, 7) is -0.938. The minimum absolute atomic E-state index is 0.159. The number of rotatable bonds is 6. The van der Waals surface area contributed by atoms with E-state index in [0.717, 1.165) is 18.4 Å². The molecule has 1 aliphatic carbocycles. The summed E-state index contributed by atoms with van der Waals surface area (Å²) < 4.78 is 32.0. The first-order valence-corrected chi connectivity index (χ1v) is 10.3. The number of alkyl halides is 1. The van der Waals surface area contributed by atoms with Crippen LogP contribution in [0.2, 0.25) is 0 Å². The number of hydrogen-bond acceptors (Lipinski definition) is 6. The fraction of sp³-hybridized carbons (Fsp3) is 0.125. The zero-order valence-electron chi connectivity index (χ0n) is 17.4. The summed E-state index contributed by atoms with van der Waals surface area (Å²) in [7, 11) is 0. The highest BCUT2D eigenvalue weighted by molar-refractivity contribution is 5.60. The van der Waals surface area contributed by atoms with Crippen molar-refractivity contribution in [1.82, 2.24) is 19.6 Å². The van der Waals surface area contributed by atoms with Crippen LogP contribution in [0.15, 0.2) is 95.7 Å². The van der Waals surface area contributed by atoms with Crippen LogP contribution in [0.5, 0.6) is 5.75 Å². The van der Waals surface area contributed by atoms with Crippen LogP contribution in [0.3, 0.4) is 0 Å². The number of nitrogens with zero attached hydrogens (tertiary/aromatic N) is 4. The van der Waals surface area contributed by atoms with Gasteiger partial charge in [-0.3, -0.25) is 4.79 Å². The largest absolute Gasteiger partial charge is 0.463 e. The molecule has 5 rings (SSSR count). The Morgan fingerprint density at radius 1 is 1.18 bits per heavy atom. The second-order valence-electron chi connectivity index (χ2n) is 7.19. The van der Waals surface area contributed by atoms with Crippen molar-refractivity contribution in [2.75, 3.05) is 6.86 Å². The number of ether oxygens (including phenoxy) is 3. The van der Waals surface area contributed by atoms with Crippen molar-refractivity contribution in [2.24, 2.45) is 0 Å². The SMILES string of the molecule is O=c1ccn(-c2cccc(OCF)c2)nc1-c1ccnn1C1=COC=C(C2=CC=CCC2)O1. The van der Waals surface area contributed by atoms with Gasteiger partial charge in [0.25, 0.3) is 5.88 Å². The van der Waals surface area contributed by atoms with Crippen LogP contribution in [-0.4, -0.2) is 26.4 Å². The van der Waals surface area contributed by atoms with Gasteiger partial charge < -0.3 is 14.2 Å². The van der Waals surface area contributed by atoms with Gasteiger partial charge >= 0.3 is 0 Å². The molecule has 9 heteroatoms. The predicted octanol–water partition coefficient (Wildman–Crippen LogP) is 4.32. The van der Waals surface area contributed by atoms with Crippen LogP contribution in [0, 0.1) is 0 Å². The van der Waals surface area contributed by atoms with Crippen molar-refractivity contribution in [3.63, 3.8) is 0 Å². The number of aromatic nitrogens is 4. The lowest BCUT2D eigenvalue weighted by Crippen LogP contribution is -2.16. The molecule has 0 atom stereocenters. The van der Waals surface area contributed by atoms with Gasteiger partial charge in [0, 0.05) is 18.3 Å². The molecule has 3 aromatic rings. The Hall–Kier alpha value is -4.40. The summed E-state index contributed by atoms with van der Waals surface area (Å²) in [5.74, 6) is 1.24. The van der Waals surface area contributed by atoms with Crippen molar-refractivity contribution >= 4 is 5.88 Å². The lowest BCUT2D eigenvalue weighted by molar-refractivity contribution is 0.191.